The average molecular weight is 276 g/mol. The van der Waals surface area contributed by atoms with Crippen molar-refractivity contribution in [1.82, 2.24) is 19.8 Å². The minimum absolute atomic E-state index is 0.00839. The second kappa shape index (κ2) is 6.47. The van der Waals surface area contributed by atoms with E-state index in [0.29, 0.717) is 31.9 Å². The van der Waals surface area contributed by atoms with Crippen LogP contribution in [0.15, 0.2) is 18.3 Å². The number of carbonyl (C=O) groups is 2. The molecule has 1 aliphatic rings. The average Bonchev–Trinajstić information content (AvgIpc) is 2.86. The Morgan fingerprint density at radius 2 is 2.25 bits per heavy atom. The number of hydrogen-bond acceptors (Lipinski definition) is 4. The Bertz CT molecular complexity index is 533. The molecule has 0 spiro atoms. The summed E-state index contributed by atoms with van der Waals surface area (Å²) in [4.78, 5) is 29.4. The van der Waals surface area contributed by atoms with Crippen LogP contribution >= 0.6 is 0 Å². The van der Waals surface area contributed by atoms with Gasteiger partial charge in [0.1, 0.15) is 11.5 Å². The fourth-order valence-corrected chi connectivity index (χ4v) is 2.22. The Morgan fingerprint density at radius 3 is 2.95 bits per heavy atom. The SMILES string of the molecule is CCNC/C=C/C(=O)N1CCn2c(C(C)=O)cnc2C1. The molecule has 0 radical (unpaired) electrons. The van der Waals surface area contributed by atoms with E-state index in [1.807, 2.05) is 17.6 Å². The topological polar surface area (TPSA) is 67.2 Å². The first kappa shape index (κ1) is 14.5. The maximum atomic E-state index is 12.0. The monoisotopic (exact) mass is 276 g/mol. The second-order valence-corrected chi connectivity index (χ2v) is 4.74. The lowest BCUT2D eigenvalue weighted by Crippen LogP contribution is -2.38. The van der Waals surface area contributed by atoms with Crippen molar-refractivity contribution in [1.29, 1.82) is 0 Å². The van der Waals surface area contributed by atoms with Gasteiger partial charge in [-0.1, -0.05) is 13.0 Å². The van der Waals surface area contributed by atoms with E-state index < -0.39 is 0 Å². The largest absolute Gasteiger partial charge is 0.330 e. The molecule has 0 aromatic carbocycles. The molecular formula is C14H20N4O2. The van der Waals surface area contributed by atoms with E-state index in [4.69, 9.17) is 0 Å². The molecule has 0 saturated carbocycles. The highest BCUT2D eigenvalue weighted by atomic mass is 16.2. The smallest absolute Gasteiger partial charge is 0.246 e. The van der Waals surface area contributed by atoms with Crippen molar-refractivity contribution in [2.75, 3.05) is 19.6 Å². The molecule has 6 heteroatoms. The van der Waals surface area contributed by atoms with Crippen LogP contribution < -0.4 is 5.32 Å². The van der Waals surface area contributed by atoms with Gasteiger partial charge in [0.15, 0.2) is 5.78 Å². The Morgan fingerprint density at radius 1 is 1.45 bits per heavy atom. The van der Waals surface area contributed by atoms with Crippen LogP contribution in [0.5, 0.6) is 0 Å². The zero-order valence-electron chi connectivity index (χ0n) is 11.9. The molecule has 0 atom stereocenters. The van der Waals surface area contributed by atoms with Gasteiger partial charge in [0.2, 0.25) is 5.91 Å². The van der Waals surface area contributed by atoms with Crippen LogP contribution in [0.25, 0.3) is 0 Å². The molecule has 0 unspecified atom stereocenters. The van der Waals surface area contributed by atoms with Crippen LogP contribution in [0.2, 0.25) is 0 Å². The summed E-state index contributed by atoms with van der Waals surface area (Å²) in [5, 5.41) is 3.13. The molecule has 1 N–H and O–H groups in total. The van der Waals surface area contributed by atoms with Crippen LogP contribution in [0.3, 0.4) is 0 Å². The predicted octanol–water partition coefficient (Wildman–Crippen LogP) is 0.594. The molecule has 1 amide bonds. The van der Waals surface area contributed by atoms with E-state index >= 15 is 0 Å². The fraction of sp³-hybridized carbons (Fsp3) is 0.500. The van der Waals surface area contributed by atoms with Crippen molar-refractivity contribution < 1.29 is 9.59 Å². The molecule has 108 valence electrons. The lowest BCUT2D eigenvalue weighted by molar-refractivity contribution is -0.127. The van der Waals surface area contributed by atoms with Crippen molar-refractivity contribution in [3.63, 3.8) is 0 Å². The molecule has 0 bridgehead atoms. The zero-order valence-corrected chi connectivity index (χ0v) is 11.9. The Hall–Kier alpha value is -1.95. The normalized spacial score (nSPS) is 14.6. The lowest BCUT2D eigenvalue weighted by atomic mass is 10.3. The number of carbonyl (C=O) groups excluding carboxylic acids is 2. The molecule has 20 heavy (non-hydrogen) atoms. The van der Waals surface area contributed by atoms with Crippen LogP contribution in [-0.4, -0.2) is 45.8 Å². The quantitative estimate of drug-likeness (QED) is 0.486. The predicted molar refractivity (Wildman–Crippen MR) is 75.3 cm³/mol. The third kappa shape index (κ3) is 3.14. The highest BCUT2D eigenvalue weighted by molar-refractivity contribution is 5.92. The van der Waals surface area contributed by atoms with E-state index in [2.05, 4.69) is 10.3 Å². The number of imidazole rings is 1. The summed E-state index contributed by atoms with van der Waals surface area (Å²) >= 11 is 0. The van der Waals surface area contributed by atoms with Crippen molar-refractivity contribution >= 4 is 11.7 Å². The van der Waals surface area contributed by atoms with E-state index in [1.54, 1.807) is 17.2 Å². The summed E-state index contributed by atoms with van der Waals surface area (Å²) in [7, 11) is 0. The first-order valence-corrected chi connectivity index (χ1v) is 6.85. The Balaban J connectivity index is 1.99. The third-order valence-electron chi connectivity index (χ3n) is 3.31. The van der Waals surface area contributed by atoms with Crippen molar-refractivity contribution in [2.24, 2.45) is 0 Å². The van der Waals surface area contributed by atoms with Gasteiger partial charge in [-0.3, -0.25) is 9.59 Å². The maximum Gasteiger partial charge on any atom is 0.246 e. The van der Waals surface area contributed by atoms with E-state index in [-0.39, 0.29) is 11.7 Å². The van der Waals surface area contributed by atoms with Gasteiger partial charge in [0.25, 0.3) is 0 Å². The van der Waals surface area contributed by atoms with Crippen molar-refractivity contribution in [2.45, 2.75) is 26.9 Å². The highest BCUT2D eigenvalue weighted by Gasteiger charge is 2.23. The summed E-state index contributed by atoms with van der Waals surface area (Å²) in [6.45, 7) is 6.81. The van der Waals surface area contributed by atoms with E-state index in [9.17, 15) is 9.59 Å². The number of Topliss-reactive ketones (excluding diaryl/α,β-unsaturated/α-hetero) is 1. The van der Waals surface area contributed by atoms with Crippen molar-refractivity contribution in [3.05, 3.63) is 29.9 Å². The molecule has 2 rings (SSSR count). The number of nitrogens with zero attached hydrogens (tertiary/aromatic N) is 3. The van der Waals surface area contributed by atoms with Gasteiger partial charge in [-0.25, -0.2) is 4.98 Å². The molecule has 1 aromatic heterocycles. The molecule has 2 heterocycles. The number of hydrogen-bond donors (Lipinski definition) is 1. The number of amides is 1. The van der Waals surface area contributed by atoms with Gasteiger partial charge < -0.3 is 14.8 Å². The maximum absolute atomic E-state index is 12.0. The number of ketones is 1. The van der Waals surface area contributed by atoms with E-state index in [1.165, 1.54) is 6.92 Å². The molecule has 6 nitrogen and oxygen atoms in total. The molecule has 0 aliphatic carbocycles. The van der Waals surface area contributed by atoms with Gasteiger partial charge in [-0.15, -0.1) is 0 Å². The van der Waals surface area contributed by atoms with Gasteiger partial charge >= 0.3 is 0 Å². The number of aromatic nitrogens is 2. The van der Waals surface area contributed by atoms with Crippen LogP contribution in [0.1, 0.15) is 30.2 Å². The van der Waals surface area contributed by atoms with Gasteiger partial charge in [-0.05, 0) is 6.54 Å². The lowest BCUT2D eigenvalue weighted by Gasteiger charge is -2.27. The summed E-state index contributed by atoms with van der Waals surface area (Å²) in [5.41, 5.74) is 0.620. The number of rotatable bonds is 5. The Kier molecular flexibility index (Phi) is 4.68. The van der Waals surface area contributed by atoms with E-state index in [0.717, 1.165) is 12.4 Å². The van der Waals surface area contributed by atoms with Gasteiger partial charge in [0.05, 0.1) is 12.7 Å². The number of nitrogens with one attached hydrogen (secondary N) is 1. The summed E-state index contributed by atoms with van der Waals surface area (Å²) in [6, 6.07) is 0. The van der Waals surface area contributed by atoms with Gasteiger partial charge in [0, 0.05) is 32.6 Å². The standard InChI is InChI=1S/C14H20N4O2/c1-3-15-6-4-5-14(20)17-7-8-18-12(11(2)19)9-16-13(18)10-17/h4-5,9,15H,3,6-8,10H2,1-2H3/b5-4+. The zero-order chi connectivity index (χ0) is 14.5. The summed E-state index contributed by atoms with van der Waals surface area (Å²) in [5.74, 6) is 0.769. The van der Waals surface area contributed by atoms with Crippen LogP contribution in [0, 0.1) is 0 Å². The molecule has 0 saturated heterocycles. The van der Waals surface area contributed by atoms with Gasteiger partial charge in [-0.2, -0.15) is 0 Å². The number of likely N-dealkylation sites (N-methyl/N-ethyl adjacent to an activating group) is 1. The summed E-state index contributed by atoms with van der Waals surface area (Å²) in [6.07, 6.45) is 5.01. The molecule has 1 aliphatic heterocycles. The molecular weight excluding hydrogens is 256 g/mol. The number of fused-ring (bicyclic) bond motifs is 1. The molecule has 0 fully saturated rings. The second-order valence-electron chi connectivity index (χ2n) is 4.74. The minimum Gasteiger partial charge on any atom is -0.330 e. The van der Waals surface area contributed by atoms with Crippen molar-refractivity contribution in [3.8, 4) is 0 Å². The summed E-state index contributed by atoms with van der Waals surface area (Å²) < 4.78 is 1.90. The minimum atomic E-state index is -0.0125. The first-order valence-electron chi connectivity index (χ1n) is 6.85. The third-order valence-corrected chi connectivity index (χ3v) is 3.31. The Labute approximate surface area is 118 Å². The first-order chi connectivity index (χ1) is 9.63. The van der Waals surface area contributed by atoms with Crippen LogP contribution in [-0.2, 0) is 17.9 Å². The fourth-order valence-electron chi connectivity index (χ4n) is 2.22. The molecule has 1 aromatic rings. The highest BCUT2D eigenvalue weighted by Crippen LogP contribution is 2.15. The van der Waals surface area contributed by atoms with Crippen LogP contribution in [0.4, 0.5) is 0 Å².